The summed E-state index contributed by atoms with van der Waals surface area (Å²) in [5, 5.41) is 0. The Bertz CT molecular complexity index is 1600. The van der Waals surface area contributed by atoms with E-state index in [2.05, 4.69) is 19.9 Å². The molecule has 0 heterocycles. The number of hydrogen-bond acceptors (Lipinski definition) is 3. The maximum atomic E-state index is 5.71. The van der Waals surface area contributed by atoms with E-state index in [1.54, 1.807) is 0 Å². The van der Waals surface area contributed by atoms with Gasteiger partial charge in [0.15, 0.2) is 0 Å². The molecule has 3 nitrogen and oxygen atoms in total. The predicted molar refractivity (Wildman–Crippen MR) is 173 cm³/mol. The van der Waals surface area contributed by atoms with Crippen LogP contribution in [0, 0.1) is 20.8 Å². The second-order valence-electron chi connectivity index (χ2n) is 9.64. The number of aryl methyl sites for hydroxylation is 3. The van der Waals surface area contributed by atoms with E-state index in [-0.39, 0.29) is 0 Å². The fraction of sp³-hybridized carbons (Fsp3) is 0.0769. The first kappa shape index (κ1) is 29.7. The molecule has 0 fully saturated rings. The fourth-order valence-electron chi connectivity index (χ4n) is 3.82. The minimum Gasteiger partial charge on any atom is -0.457 e. The summed E-state index contributed by atoms with van der Waals surface area (Å²) < 4.78 is 17.0. The van der Waals surface area contributed by atoms with E-state index in [0.29, 0.717) is 0 Å². The van der Waals surface area contributed by atoms with E-state index in [4.69, 9.17) is 14.2 Å². The second kappa shape index (κ2) is 16.1. The first-order valence-electron chi connectivity index (χ1n) is 13.9. The van der Waals surface area contributed by atoms with Crippen LogP contribution in [-0.2, 0) is 0 Å². The van der Waals surface area contributed by atoms with Crippen molar-refractivity contribution < 1.29 is 14.2 Å². The van der Waals surface area contributed by atoms with Gasteiger partial charge in [0.1, 0.15) is 34.5 Å². The van der Waals surface area contributed by atoms with Gasteiger partial charge >= 0.3 is 0 Å². The molecule has 6 aromatic carbocycles. The number of para-hydroxylation sites is 4. The summed E-state index contributed by atoms with van der Waals surface area (Å²) >= 11 is 0. The van der Waals surface area contributed by atoms with Gasteiger partial charge in [-0.15, -0.1) is 0 Å². The van der Waals surface area contributed by atoms with Crippen LogP contribution in [0.15, 0.2) is 164 Å². The number of hydrogen-bond donors (Lipinski definition) is 0. The van der Waals surface area contributed by atoms with E-state index >= 15 is 0 Å². The highest BCUT2D eigenvalue weighted by molar-refractivity contribution is 5.37. The molecule has 0 spiro atoms. The van der Waals surface area contributed by atoms with Crippen LogP contribution >= 0.6 is 0 Å². The molecule has 210 valence electrons. The summed E-state index contributed by atoms with van der Waals surface area (Å²) in [6.45, 7) is 6.16. The standard InChI is InChI=1S/3C13H12O/c1-11-7-5-6-10-13(11)14-12-8-3-2-4-9-12;1-11-6-5-9-13(10-11)14-12-7-3-2-4-8-12;1-11-7-9-13(10-8-11)14-12-5-3-2-4-6-12/h3*2-10H,1H3. The zero-order valence-corrected chi connectivity index (χ0v) is 24.3. The van der Waals surface area contributed by atoms with Gasteiger partial charge in [0.05, 0.1) is 0 Å². The Balaban J connectivity index is 0.000000145. The van der Waals surface area contributed by atoms with Gasteiger partial charge < -0.3 is 14.2 Å². The Hall–Kier alpha value is -5.28. The van der Waals surface area contributed by atoms with E-state index in [1.807, 2.05) is 165 Å². The third-order valence-electron chi connectivity index (χ3n) is 6.03. The van der Waals surface area contributed by atoms with Gasteiger partial charge in [0.25, 0.3) is 0 Å². The topological polar surface area (TPSA) is 27.7 Å². The van der Waals surface area contributed by atoms with Gasteiger partial charge in [-0.2, -0.15) is 0 Å². The highest BCUT2D eigenvalue weighted by Gasteiger charge is 1.99. The first-order chi connectivity index (χ1) is 20.5. The van der Waals surface area contributed by atoms with Crippen molar-refractivity contribution in [1.29, 1.82) is 0 Å². The lowest BCUT2D eigenvalue weighted by Gasteiger charge is -2.07. The minimum absolute atomic E-state index is 0.872. The molecule has 0 bridgehead atoms. The zero-order chi connectivity index (χ0) is 29.4. The number of ether oxygens (including phenoxy) is 3. The lowest BCUT2D eigenvalue weighted by Crippen LogP contribution is -1.85. The van der Waals surface area contributed by atoms with Gasteiger partial charge in [-0.25, -0.2) is 0 Å². The normalized spacial score (nSPS) is 9.79. The zero-order valence-electron chi connectivity index (χ0n) is 24.3. The number of rotatable bonds is 6. The summed E-state index contributed by atoms with van der Waals surface area (Å²) in [5.41, 5.74) is 3.60. The van der Waals surface area contributed by atoms with E-state index in [9.17, 15) is 0 Å². The first-order valence-corrected chi connectivity index (χ1v) is 13.9. The molecule has 0 aliphatic rings. The Labute approximate surface area is 249 Å². The van der Waals surface area contributed by atoms with Crippen LogP contribution in [0.5, 0.6) is 34.5 Å². The molecule has 42 heavy (non-hydrogen) atoms. The Kier molecular flexibility index (Phi) is 11.4. The van der Waals surface area contributed by atoms with Crippen LogP contribution in [0.1, 0.15) is 16.7 Å². The van der Waals surface area contributed by atoms with Crippen LogP contribution in [0.4, 0.5) is 0 Å². The molecule has 0 saturated carbocycles. The number of benzene rings is 6. The monoisotopic (exact) mass is 552 g/mol. The average molecular weight is 553 g/mol. The van der Waals surface area contributed by atoms with Gasteiger partial charge in [-0.05, 0) is 98.6 Å². The van der Waals surface area contributed by atoms with E-state index < -0.39 is 0 Å². The van der Waals surface area contributed by atoms with E-state index in [1.165, 1.54) is 11.1 Å². The second-order valence-corrected chi connectivity index (χ2v) is 9.64. The quantitative estimate of drug-likeness (QED) is 0.206. The Morgan fingerprint density at radius 2 is 0.738 bits per heavy atom. The van der Waals surface area contributed by atoms with Crippen LogP contribution in [0.2, 0.25) is 0 Å². The summed E-state index contributed by atoms with van der Waals surface area (Å²) in [6.07, 6.45) is 0. The largest absolute Gasteiger partial charge is 0.457 e. The Morgan fingerprint density at radius 1 is 0.310 bits per heavy atom. The SMILES string of the molecule is Cc1ccc(Oc2ccccc2)cc1.Cc1cccc(Oc2ccccc2)c1.Cc1ccccc1Oc1ccccc1. The van der Waals surface area contributed by atoms with Gasteiger partial charge in [-0.1, -0.05) is 103 Å². The molecule has 0 unspecified atom stereocenters. The lowest BCUT2D eigenvalue weighted by molar-refractivity contribution is 0.479. The minimum atomic E-state index is 0.872. The van der Waals surface area contributed by atoms with Crippen molar-refractivity contribution in [3.8, 4) is 34.5 Å². The summed E-state index contributed by atoms with van der Waals surface area (Å²) in [5.74, 6) is 5.30. The predicted octanol–water partition coefficient (Wildman–Crippen LogP) is 11.4. The molecular weight excluding hydrogens is 516 g/mol. The molecule has 6 rings (SSSR count). The van der Waals surface area contributed by atoms with Crippen molar-refractivity contribution in [2.45, 2.75) is 20.8 Å². The van der Waals surface area contributed by atoms with Crippen LogP contribution in [-0.4, -0.2) is 0 Å². The van der Waals surface area contributed by atoms with Crippen molar-refractivity contribution in [1.82, 2.24) is 0 Å². The third-order valence-corrected chi connectivity index (χ3v) is 6.03. The fourth-order valence-corrected chi connectivity index (χ4v) is 3.82. The van der Waals surface area contributed by atoms with Gasteiger partial charge in [-0.3, -0.25) is 0 Å². The molecule has 0 N–H and O–H groups in total. The molecule has 0 aliphatic carbocycles. The lowest BCUT2D eigenvalue weighted by atomic mass is 10.2. The third kappa shape index (κ3) is 10.4. The van der Waals surface area contributed by atoms with Crippen molar-refractivity contribution in [2.24, 2.45) is 0 Å². The Morgan fingerprint density at radius 3 is 1.26 bits per heavy atom. The van der Waals surface area contributed by atoms with Crippen molar-refractivity contribution in [3.63, 3.8) is 0 Å². The van der Waals surface area contributed by atoms with E-state index in [0.717, 1.165) is 40.1 Å². The molecular formula is C39H36O3. The smallest absolute Gasteiger partial charge is 0.130 e. The highest BCUT2D eigenvalue weighted by atomic mass is 16.5. The molecule has 0 aromatic heterocycles. The molecule has 0 amide bonds. The molecule has 3 heteroatoms. The van der Waals surface area contributed by atoms with Crippen LogP contribution in [0.25, 0.3) is 0 Å². The van der Waals surface area contributed by atoms with Gasteiger partial charge in [0.2, 0.25) is 0 Å². The highest BCUT2D eigenvalue weighted by Crippen LogP contribution is 2.24. The van der Waals surface area contributed by atoms with Crippen molar-refractivity contribution in [2.75, 3.05) is 0 Å². The summed E-state index contributed by atoms with van der Waals surface area (Å²) in [6, 6.07) is 53.4. The summed E-state index contributed by atoms with van der Waals surface area (Å²) in [7, 11) is 0. The maximum Gasteiger partial charge on any atom is 0.130 e. The maximum absolute atomic E-state index is 5.71. The van der Waals surface area contributed by atoms with Crippen molar-refractivity contribution in [3.05, 3.63) is 180 Å². The molecule has 0 aliphatic heterocycles. The molecule has 0 radical (unpaired) electrons. The molecule has 6 aromatic rings. The summed E-state index contributed by atoms with van der Waals surface area (Å²) in [4.78, 5) is 0. The van der Waals surface area contributed by atoms with Crippen molar-refractivity contribution >= 4 is 0 Å². The molecule has 0 atom stereocenters. The average Bonchev–Trinajstić information content (AvgIpc) is 3.02. The van der Waals surface area contributed by atoms with Crippen LogP contribution in [0.3, 0.4) is 0 Å². The van der Waals surface area contributed by atoms with Gasteiger partial charge in [0, 0.05) is 0 Å². The van der Waals surface area contributed by atoms with Crippen LogP contribution < -0.4 is 14.2 Å². The molecule has 0 saturated heterocycles.